The maximum absolute atomic E-state index is 14.9. The second kappa shape index (κ2) is 14.9. The Hall–Kier alpha value is -1.41. The predicted molar refractivity (Wildman–Crippen MR) is 190 cm³/mol. The number of benzene rings is 1. The van der Waals surface area contributed by atoms with Crippen molar-refractivity contribution in [2.75, 3.05) is 34.2 Å². The van der Waals surface area contributed by atoms with Gasteiger partial charge < -0.3 is 43.1 Å². The summed E-state index contributed by atoms with van der Waals surface area (Å²) in [4.78, 5) is 14.9. The van der Waals surface area contributed by atoms with E-state index < -0.39 is 60.9 Å². The molecule has 280 valence electrons. The lowest BCUT2D eigenvalue weighted by Gasteiger charge is -2.51. The molecule has 0 amide bonds. The average Bonchev–Trinajstić information content (AvgIpc) is 3.48. The minimum absolute atomic E-state index is 0.0431. The molecular weight excluding hydrogens is 644 g/mol. The molecule has 2 N–H and O–H groups in total. The molecule has 1 heterocycles. The fourth-order valence-corrected chi connectivity index (χ4v) is 9.65. The second-order valence-corrected chi connectivity index (χ2v) is 21.8. The van der Waals surface area contributed by atoms with Crippen molar-refractivity contribution in [3.8, 4) is 5.75 Å². The Labute approximate surface area is 295 Å². The summed E-state index contributed by atoms with van der Waals surface area (Å²) in [6.07, 6.45) is -0.413. The molecule has 4 rings (SSSR count). The molecule has 0 spiro atoms. The maximum atomic E-state index is 14.9. The number of aliphatic hydroxyl groups excluding tert-OH is 1. The highest BCUT2D eigenvalue weighted by molar-refractivity contribution is 6.74. The molecule has 0 aromatic heterocycles. The van der Waals surface area contributed by atoms with Gasteiger partial charge in [0.2, 0.25) is 0 Å². The molecule has 8 atom stereocenters. The van der Waals surface area contributed by atoms with E-state index in [0.29, 0.717) is 19.3 Å². The van der Waals surface area contributed by atoms with Crippen LogP contribution in [0.5, 0.6) is 5.75 Å². The molecule has 3 fully saturated rings. The predicted octanol–water partition coefficient (Wildman–Crippen LogP) is 6.26. The van der Waals surface area contributed by atoms with E-state index in [1.165, 1.54) is 0 Å². The third kappa shape index (κ3) is 7.85. The van der Waals surface area contributed by atoms with Crippen molar-refractivity contribution in [1.29, 1.82) is 0 Å². The molecule has 11 heteroatoms. The van der Waals surface area contributed by atoms with Crippen LogP contribution in [0.3, 0.4) is 0 Å². The van der Waals surface area contributed by atoms with E-state index in [2.05, 4.69) is 47.7 Å². The molecule has 1 aliphatic heterocycles. The van der Waals surface area contributed by atoms with Crippen LogP contribution < -0.4 is 4.74 Å². The van der Waals surface area contributed by atoms with Crippen LogP contribution >= 0.6 is 0 Å². The standard InChI is InChI=1S/C38H64O10Si/c1-25-29(37(23-46-36(7,8)48-37)30(18-20-39)44-22-26-13-15-27(43-10)16-14-26)21-31(47-49(11,12)34(2,3)4)38(41)19-17-28(35(38,5)6)33(32(25)40)45-24-42-9/h13-16,25,28-31,33,39,41H,17-24H2,1-12H3/t25-,28?,29+,30-,31+,33-,37-,38?/m1/s1. The fraction of sp³-hybridized carbons (Fsp3) is 0.816. The minimum Gasteiger partial charge on any atom is -0.497 e. The summed E-state index contributed by atoms with van der Waals surface area (Å²) in [6.45, 7) is 20.9. The normalized spacial score (nSPS) is 33.9. The summed E-state index contributed by atoms with van der Waals surface area (Å²) < 4.78 is 44.3. The van der Waals surface area contributed by atoms with Gasteiger partial charge in [-0.15, -0.1) is 0 Å². The van der Waals surface area contributed by atoms with Gasteiger partial charge in [-0.05, 0) is 75.4 Å². The van der Waals surface area contributed by atoms with E-state index >= 15 is 0 Å². The molecule has 2 aliphatic carbocycles. The summed E-state index contributed by atoms with van der Waals surface area (Å²) in [5.74, 6) is -1.71. The van der Waals surface area contributed by atoms with Gasteiger partial charge in [0.25, 0.3) is 0 Å². The molecular formula is C38H64O10Si. The van der Waals surface area contributed by atoms with Crippen LogP contribution in [0.25, 0.3) is 0 Å². The lowest BCUT2D eigenvalue weighted by Crippen LogP contribution is -2.61. The first-order chi connectivity index (χ1) is 22.7. The van der Waals surface area contributed by atoms with Crippen molar-refractivity contribution >= 4 is 14.1 Å². The number of ketones is 1. The highest BCUT2D eigenvalue weighted by Crippen LogP contribution is 2.59. The lowest BCUT2D eigenvalue weighted by atomic mass is 9.67. The zero-order chi connectivity index (χ0) is 36.6. The molecule has 3 aliphatic rings. The topological polar surface area (TPSA) is 122 Å². The smallest absolute Gasteiger partial charge is 0.192 e. The van der Waals surface area contributed by atoms with Crippen molar-refractivity contribution in [1.82, 2.24) is 0 Å². The number of rotatable bonds is 13. The van der Waals surface area contributed by atoms with E-state index in [9.17, 15) is 15.0 Å². The van der Waals surface area contributed by atoms with Crippen LogP contribution in [-0.4, -0.2) is 93.8 Å². The summed E-state index contributed by atoms with van der Waals surface area (Å²) in [7, 11) is 0.719. The highest BCUT2D eigenvalue weighted by Gasteiger charge is 2.66. The molecule has 2 bridgehead atoms. The monoisotopic (exact) mass is 708 g/mol. The number of carbonyl (C=O) groups excluding carboxylic acids is 1. The Bertz CT molecular complexity index is 1260. The van der Waals surface area contributed by atoms with E-state index in [1.807, 2.05) is 45.0 Å². The third-order valence-electron chi connectivity index (χ3n) is 12.4. The van der Waals surface area contributed by atoms with Gasteiger partial charge >= 0.3 is 0 Å². The first-order valence-electron chi connectivity index (χ1n) is 17.9. The molecule has 10 nitrogen and oxygen atoms in total. The van der Waals surface area contributed by atoms with Crippen LogP contribution in [0, 0.1) is 23.2 Å². The van der Waals surface area contributed by atoms with Gasteiger partial charge in [0, 0.05) is 36.9 Å². The third-order valence-corrected chi connectivity index (χ3v) is 16.9. The SMILES string of the molecule is COCO[C@H]1C(=O)[C@H](C)[C@@H]([C@@]2([C@@H](CCO)OCc3ccc(OC)cc3)COC(C)(C)O2)C[C@H](O[Si](C)(C)C(C)(C)C)C2(O)CCC1C2(C)C. The number of hydrogen-bond acceptors (Lipinski definition) is 10. The zero-order valence-corrected chi connectivity index (χ0v) is 33.1. The number of methoxy groups -OCH3 is 2. The quantitative estimate of drug-likeness (QED) is 0.180. The summed E-state index contributed by atoms with van der Waals surface area (Å²) >= 11 is 0. The molecule has 49 heavy (non-hydrogen) atoms. The second-order valence-electron chi connectivity index (χ2n) is 17.1. The number of fused-ring (bicyclic) bond motifs is 2. The van der Waals surface area contributed by atoms with E-state index in [4.69, 9.17) is 32.8 Å². The Balaban J connectivity index is 1.89. The van der Waals surface area contributed by atoms with Gasteiger partial charge in [-0.2, -0.15) is 0 Å². The first kappa shape index (κ1) is 40.4. The summed E-state index contributed by atoms with van der Waals surface area (Å²) in [5.41, 5.74) is -2.23. The Morgan fingerprint density at radius 2 is 1.71 bits per heavy atom. The van der Waals surface area contributed by atoms with Crippen LogP contribution in [0.2, 0.25) is 18.1 Å². The largest absolute Gasteiger partial charge is 0.497 e. The number of aliphatic hydroxyl groups is 2. The van der Waals surface area contributed by atoms with Crippen LogP contribution in [0.4, 0.5) is 0 Å². The Morgan fingerprint density at radius 1 is 1.06 bits per heavy atom. The maximum Gasteiger partial charge on any atom is 0.192 e. The van der Waals surface area contributed by atoms with Gasteiger partial charge in [0.05, 0.1) is 38.1 Å². The molecule has 1 aromatic rings. The van der Waals surface area contributed by atoms with Crippen molar-refractivity contribution < 1.29 is 47.9 Å². The number of Topliss-reactive ketones (excluding diaryl/α,β-unsaturated/α-hetero) is 1. The van der Waals surface area contributed by atoms with Crippen LogP contribution in [-0.2, 0) is 39.5 Å². The minimum atomic E-state index is -2.45. The van der Waals surface area contributed by atoms with E-state index in [1.54, 1.807) is 14.2 Å². The average molecular weight is 709 g/mol. The van der Waals surface area contributed by atoms with E-state index in [-0.39, 0.29) is 49.8 Å². The van der Waals surface area contributed by atoms with Crippen molar-refractivity contribution in [2.24, 2.45) is 23.2 Å². The van der Waals surface area contributed by atoms with Gasteiger partial charge in [-0.25, -0.2) is 0 Å². The molecule has 1 saturated heterocycles. The first-order valence-corrected chi connectivity index (χ1v) is 20.8. The zero-order valence-electron chi connectivity index (χ0n) is 32.1. The van der Waals surface area contributed by atoms with Gasteiger partial charge in [0.15, 0.2) is 19.9 Å². The van der Waals surface area contributed by atoms with Crippen LogP contribution in [0.15, 0.2) is 24.3 Å². The molecule has 1 aromatic carbocycles. The number of carbonyl (C=O) groups is 1. The number of hydrogen-bond donors (Lipinski definition) is 2. The van der Waals surface area contributed by atoms with Crippen molar-refractivity contribution in [2.45, 2.75) is 141 Å². The lowest BCUT2D eigenvalue weighted by molar-refractivity contribution is -0.226. The summed E-state index contributed by atoms with van der Waals surface area (Å²) in [6, 6.07) is 7.65. The Morgan fingerprint density at radius 3 is 2.24 bits per heavy atom. The molecule has 0 radical (unpaired) electrons. The Kier molecular flexibility index (Phi) is 12.3. The van der Waals surface area contributed by atoms with Gasteiger partial charge in [0.1, 0.15) is 24.2 Å². The van der Waals surface area contributed by atoms with Crippen molar-refractivity contribution in [3.05, 3.63) is 29.8 Å². The number of ether oxygens (including phenoxy) is 6. The van der Waals surface area contributed by atoms with E-state index in [0.717, 1.165) is 11.3 Å². The highest BCUT2D eigenvalue weighted by atomic mass is 28.4. The molecule has 2 saturated carbocycles. The van der Waals surface area contributed by atoms with Crippen LogP contribution in [0.1, 0.15) is 86.6 Å². The van der Waals surface area contributed by atoms with Crippen molar-refractivity contribution in [3.63, 3.8) is 0 Å². The van der Waals surface area contributed by atoms with Gasteiger partial charge in [-0.3, -0.25) is 4.79 Å². The summed E-state index contributed by atoms with van der Waals surface area (Å²) in [5, 5.41) is 23.3. The van der Waals surface area contributed by atoms with Gasteiger partial charge in [-0.1, -0.05) is 53.7 Å². The fourth-order valence-electron chi connectivity index (χ4n) is 8.30. The molecule has 2 unspecified atom stereocenters.